The normalized spacial score (nSPS) is 13.5. The van der Waals surface area contributed by atoms with Crippen molar-refractivity contribution in [1.29, 1.82) is 0 Å². The molecule has 0 saturated heterocycles. The lowest BCUT2D eigenvalue weighted by Crippen LogP contribution is -2.08. The van der Waals surface area contributed by atoms with Gasteiger partial charge in [0, 0.05) is 27.6 Å². The van der Waals surface area contributed by atoms with Gasteiger partial charge in [-0.2, -0.15) is 0 Å². The molecule has 0 amide bonds. The number of fused-ring (bicyclic) bond motifs is 1. The molecule has 1 aromatic carbocycles. The molecule has 0 saturated carbocycles. The van der Waals surface area contributed by atoms with Crippen LogP contribution < -0.4 is 5.73 Å². The van der Waals surface area contributed by atoms with Crippen LogP contribution in [0.1, 0.15) is 38.3 Å². The van der Waals surface area contributed by atoms with Gasteiger partial charge in [-0.05, 0) is 50.1 Å². The summed E-state index contributed by atoms with van der Waals surface area (Å²) in [6, 6.07) is 6.93. The SMILES string of the molecule is CC(CN)c1cn(C(C)C)c2ccc(Br)cc12. The third-order valence-corrected chi connectivity index (χ3v) is 3.76. The Labute approximate surface area is 111 Å². The van der Waals surface area contributed by atoms with E-state index < -0.39 is 0 Å². The monoisotopic (exact) mass is 294 g/mol. The topological polar surface area (TPSA) is 30.9 Å². The quantitative estimate of drug-likeness (QED) is 0.910. The van der Waals surface area contributed by atoms with E-state index in [9.17, 15) is 0 Å². The molecule has 0 aliphatic rings. The molecule has 2 rings (SSSR count). The Hall–Kier alpha value is -0.800. The van der Waals surface area contributed by atoms with Gasteiger partial charge in [-0.25, -0.2) is 0 Å². The summed E-state index contributed by atoms with van der Waals surface area (Å²) >= 11 is 3.54. The molecule has 0 aliphatic carbocycles. The fourth-order valence-electron chi connectivity index (χ4n) is 2.20. The molecule has 0 bridgehead atoms. The van der Waals surface area contributed by atoms with E-state index in [1.54, 1.807) is 0 Å². The van der Waals surface area contributed by atoms with Gasteiger partial charge in [0.2, 0.25) is 0 Å². The Kier molecular flexibility index (Phi) is 3.59. The van der Waals surface area contributed by atoms with Gasteiger partial charge < -0.3 is 10.3 Å². The van der Waals surface area contributed by atoms with Crippen LogP contribution in [0.15, 0.2) is 28.9 Å². The predicted molar refractivity (Wildman–Crippen MR) is 77.5 cm³/mol. The Morgan fingerprint density at radius 3 is 2.59 bits per heavy atom. The van der Waals surface area contributed by atoms with Crippen LogP contribution in [0.5, 0.6) is 0 Å². The van der Waals surface area contributed by atoms with Gasteiger partial charge in [-0.1, -0.05) is 22.9 Å². The fraction of sp³-hybridized carbons (Fsp3) is 0.429. The summed E-state index contributed by atoms with van der Waals surface area (Å²) in [7, 11) is 0. The zero-order valence-corrected chi connectivity index (χ0v) is 12.2. The standard InChI is InChI=1S/C14H19BrN2/c1-9(2)17-8-13(10(3)7-16)12-6-11(15)4-5-14(12)17/h4-6,8-10H,7,16H2,1-3H3. The van der Waals surface area contributed by atoms with Crippen molar-refractivity contribution in [3.8, 4) is 0 Å². The minimum absolute atomic E-state index is 0.395. The molecule has 17 heavy (non-hydrogen) atoms. The third-order valence-electron chi connectivity index (χ3n) is 3.27. The molecule has 1 aromatic heterocycles. The van der Waals surface area contributed by atoms with Crippen molar-refractivity contribution in [3.05, 3.63) is 34.4 Å². The van der Waals surface area contributed by atoms with Gasteiger partial charge in [-0.3, -0.25) is 0 Å². The number of nitrogens with zero attached hydrogens (tertiary/aromatic N) is 1. The lowest BCUT2D eigenvalue weighted by atomic mass is 10.0. The average molecular weight is 295 g/mol. The molecule has 3 heteroatoms. The number of halogens is 1. The van der Waals surface area contributed by atoms with Crippen molar-refractivity contribution in [2.24, 2.45) is 5.73 Å². The molecule has 0 fully saturated rings. The van der Waals surface area contributed by atoms with E-state index in [1.807, 2.05) is 0 Å². The molecule has 2 aromatic rings. The van der Waals surface area contributed by atoms with Crippen LogP contribution >= 0.6 is 15.9 Å². The summed E-state index contributed by atoms with van der Waals surface area (Å²) in [4.78, 5) is 0. The molecular weight excluding hydrogens is 276 g/mol. The van der Waals surface area contributed by atoms with E-state index in [-0.39, 0.29) is 0 Å². The Morgan fingerprint density at radius 1 is 1.29 bits per heavy atom. The zero-order valence-electron chi connectivity index (χ0n) is 10.6. The first-order valence-corrected chi connectivity index (χ1v) is 6.84. The second-order valence-corrected chi connectivity index (χ2v) is 5.80. The molecule has 2 nitrogen and oxygen atoms in total. The number of hydrogen-bond acceptors (Lipinski definition) is 1. The van der Waals surface area contributed by atoms with Crippen LogP contribution in [-0.4, -0.2) is 11.1 Å². The highest BCUT2D eigenvalue weighted by Gasteiger charge is 2.14. The fourth-order valence-corrected chi connectivity index (χ4v) is 2.56. The molecule has 1 heterocycles. The molecule has 0 aliphatic heterocycles. The first-order valence-electron chi connectivity index (χ1n) is 6.04. The van der Waals surface area contributed by atoms with Crippen LogP contribution in [0, 0.1) is 0 Å². The Bertz CT molecular complexity index is 528. The maximum atomic E-state index is 5.80. The molecule has 1 atom stereocenters. The van der Waals surface area contributed by atoms with Crippen molar-refractivity contribution in [1.82, 2.24) is 4.57 Å². The minimum atomic E-state index is 0.395. The van der Waals surface area contributed by atoms with Gasteiger partial charge in [0.05, 0.1) is 0 Å². The lowest BCUT2D eigenvalue weighted by molar-refractivity contribution is 0.618. The Balaban J connectivity index is 2.71. The number of hydrogen-bond donors (Lipinski definition) is 1. The summed E-state index contributed by atoms with van der Waals surface area (Å²) in [5, 5.41) is 1.31. The smallest absolute Gasteiger partial charge is 0.0486 e. The molecule has 92 valence electrons. The van der Waals surface area contributed by atoms with Crippen LogP contribution in [0.4, 0.5) is 0 Å². The summed E-state index contributed by atoms with van der Waals surface area (Å²) in [6.07, 6.45) is 2.25. The van der Waals surface area contributed by atoms with Gasteiger partial charge >= 0.3 is 0 Å². The first kappa shape index (κ1) is 12.7. The molecule has 2 N–H and O–H groups in total. The summed E-state index contributed by atoms with van der Waals surface area (Å²) in [5.74, 6) is 0.395. The van der Waals surface area contributed by atoms with Gasteiger partial charge in [0.15, 0.2) is 0 Å². The number of rotatable bonds is 3. The number of benzene rings is 1. The Morgan fingerprint density at radius 2 is 2.00 bits per heavy atom. The molecule has 1 unspecified atom stereocenters. The molecule has 0 radical (unpaired) electrons. The van der Waals surface area contributed by atoms with Gasteiger partial charge in [0.25, 0.3) is 0 Å². The van der Waals surface area contributed by atoms with Crippen molar-refractivity contribution in [2.45, 2.75) is 32.7 Å². The maximum Gasteiger partial charge on any atom is 0.0486 e. The van der Waals surface area contributed by atoms with Crippen molar-refractivity contribution in [3.63, 3.8) is 0 Å². The number of nitrogens with two attached hydrogens (primary N) is 1. The summed E-state index contributed by atoms with van der Waals surface area (Å²) in [6.45, 7) is 7.28. The highest BCUT2D eigenvalue weighted by Crippen LogP contribution is 2.31. The van der Waals surface area contributed by atoms with E-state index in [4.69, 9.17) is 5.73 Å². The van der Waals surface area contributed by atoms with E-state index in [1.165, 1.54) is 16.5 Å². The molecule has 0 spiro atoms. The van der Waals surface area contributed by atoms with E-state index in [0.717, 1.165) is 4.47 Å². The van der Waals surface area contributed by atoms with Gasteiger partial charge in [0.1, 0.15) is 0 Å². The van der Waals surface area contributed by atoms with Crippen LogP contribution in [0.3, 0.4) is 0 Å². The summed E-state index contributed by atoms with van der Waals surface area (Å²) in [5.41, 5.74) is 8.43. The van der Waals surface area contributed by atoms with E-state index in [0.29, 0.717) is 18.5 Å². The van der Waals surface area contributed by atoms with Crippen LogP contribution in [-0.2, 0) is 0 Å². The predicted octanol–water partition coefficient (Wildman–Crippen LogP) is 4.05. The largest absolute Gasteiger partial charge is 0.345 e. The highest BCUT2D eigenvalue weighted by molar-refractivity contribution is 9.10. The highest BCUT2D eigenvalue weighted by atomic mass is 79.9. The second kappa shape index (κ2) is 4.83. The second-order valence-electron chi connectivity index (χ2n) is 4.88. The zero-order chi connectivity index (χ0) is 12.6. The van der Waals surface area contributed by atoms with E-state index in [2.05, 4.69) is 65.7 Å². The average Bonchev–Trinajstić information content (AvgIpc) is 2.66. The first-order chi connectivity index (χ1) is 8.04. The van der Waals surface area contributed by atoms with Crippen molar-refractivity contribution < 1.29 is 0 Å². The van der Waals surface area contributed by atoms with E-state index >= 15 is 0 Å². The minimum Gasteiger partial charge on any atom is -0.345 e. The van der Waals surface area contributed by atoms with Gasteiger partial charge in [-0.15, -0.1) is 0 Å². The molecular formula is C14H19BrN2. The van der Waals surface area contributed by atoms with Crippen molar-refractivity contribution >= 4 is 26.8 Å². The summed E-state index contributed by atoms with van der Waals surface area (Å²) < 4.78 is 3.44. The van der Waals surface area contributed by atoms with Crippen LogP contribution in [0.25, 0.3) is 10.9 Å². The third kappa shape index (κ3) is 2.26. The lowest BCUT2D eigenvalue weighted by Gasteiger charge is -2.08. The van der Waals surface area contributed by atoms with Crippen LogP contribution in [0.2, 0.25) is 0 Å². The van der Waals surface area contributed by atoms with Crippen molar-refractivity contribution in [2.75, 3.05) is 6.54 Å². The number of aromatic nitrogens is 1. The maximum absolute atomic E-state index is 5.80.